The van der Waals surface area contributed by atoms with E-state index in [1.54, 1.807) is 37.2 Å². The SMILES string of the molecule is [Cl-].[Cl-].[Ru+2].c1ccc(-c2ccccn2)nc1.c1cnc2c(c1)ccc1cccnc12.c1cnc2c(c1)ccc1cccnc12. The fourth-order valence-corrected chi connectivity index (χ4v) is 4.39. The van der Waals surface area contributed by atoms with Crippen LogP contribution in [0.1, 0.15) is 0 Å². The number of rotatable bonds is 1. The van der Waals surface area contributed by atoms with Gasteiger partial charge in [0.1, 0.15) is 0 Å². The second-order valence-corrected chi connectivity index (χ2v) is 8.86. The average molecular weight is 689 g/mol. The van der Waals surface area contributed by atoms with Crippen molar-refractivity contribution in [2.45, 2.75) is 0 Å². The van der Waals surface area contributed by atoms with E-state index in [9.17, 15) is 0 Å². The van der Waals surface area contributed by atoms with Gasteiger partial charge in [-0.15, -0.1) is 0 Å². The number of hydrogen-bond acceptors (Lipinski definition) is 6. The van der Waals surface area contributed by atoms with E-state index in [2.05, 4.69) is 78.4 Å². The molecule has 6 nitrogen and oxygen atoms in total. The summed E-state index contributed by atoms with van der Waals surface area (Å²) in [4.78, 5) is 25.8. The third-order valence-electron chi connectivity index (χ3n) is 6.28. The number of benzene rings is 2. The Kier molecular flexibility index (Phi) is 12.5. The summed E-state index contributed by atoms with van der Waals surface area (Å²) in [6.07, 6.45) is 10.7. The molecule has 0 radical (unpaired) electrons. The Morgan fingerprint density at radius 2 is 0.558 bits per heavy atom. The zero-order valence-electron chi connectivity index (χ0n) is 22.6. The fraction of sp³-hybridized carbons (Fsp3) is 0. The minimum atomic E-state index is 0. The summed E-state index contributed by atoms with van der Waals surface area (Å²) in [5.74, 6) is 0. The molecule has 43 heavy (non-hydrogen) atoms. The van der Waals surface area contributed by atoms with E-state index in [1.165, 1.54) is 0 Å². The van der Waals surface area contributed by atoms with E-state index in [-0.39, 0.29) is 44.3 Å². The number of aromatic nitrogens is 6. The third-order valence-corrected chi connectivity index (χ3v) is 6.28. The van der Waals surface area contributed by atoms with Crippen molar-refractivity contribution in [3.63, 3.8) is 0 Å². The van der Waals surface area contributed by atoms with Crippen molar-refractivity contribution in [3.8, 4) is 11.4 Å². The molecule has 0 amide bonds. The Hall–Kier alpha value is -4.42. The van der Waals surface area contributed by atoms with Crippen molar-refractivity contribution in [2.75, 3.05) is 0 Å². The van der Waals surface area contributed by atoms with Gasteiger partial charge in [0, 0.05) is 58.7 Å². The van der Waals surface area contributed by atoms with Gasteiger partial charge in [0.15, 0.2) is 0 Å². The van der Waals surface area contributed by atoms with Gasteiger partial charge in [0.05, 0.1) is 33.5 Å². The summed E-state index contributed by atoms with van der Waals surface area (Å²) >= 11 is 0. The van der Waals surface area contributed by atoms with Crippen LogP contribution in [-0.4, -0.2) is 29.9 Å². The Bertz CT molecular complexity index is 1770. The maximum absolute atomic E-state index is 4.35. The van der Waals surface area contributed by atoms with Crippen LogP contribution >= 0.6 is 0 Å². The molecule has 8 aromatic rings. The summed E-state index contributed by atoms with van der Waals surface area (Å²) < 4.78 is 0. The molecule has 0 bridgehead atoms. The van der Waals surface area contributed by atoms with Gasteiger partial charge in [-0.1, -0.05) is 60.7 Å². The number of nitrogens with zero attached hydrogens (tertiary/aromatic N) is 6. The second-order valence-electron chi connectivity index (χ2n) is 8.86. The van der Waals surface area contributed by atoms with Gasteiger partial charge in [0.25, 0.3) is 0 Å². The maximum atomic E-state index is 4.35. The third kappa shape index (κ3) is 7.91. The van der Waals surface area contributed by atoms with Crippen LogP contribution in [-0.2, 0) is 19.5 Å². The topological polar surface area (TPSA) is 77.3 Å². The molecule has 0 fully saturated rings. The summed E-state index contributed by atoms with van der Waals surface area (Å²) in [6, 6.07) is 35.9. The Labute approximate surface area is 274 Å². The molecule has 0 aliphatic heterocycles. The van der Waals surface area contributed by atoms with E-state index in [0.717, 1.165) is 55.0 Å². The van der Waals surface area contributed by atoms with E-state index in [1.807, 2.05) is 60.7 Å². The summed E-state index contributed by atoms with van der Waals surface area (Å²) in [5.41, 5.74) is 5.74. The second kappa shape index (κ2) is 16.3. The molecule has 212 valence electrons. The van der Waals surface area contributed by atoms with Gasteiger partial charge < -0.3 is 24.8 Å². The van der Waals surface area contributed by atoms with Gasteiger partial charge in [-0.3, -0.25) is 29.9 Å². The van der Waals surface area contributed by atoms with Crippen molar-refractivity contribution in [2.24, 2.45) is 0 Å². The van der Waals surface area contributed by atoms with Crippen LogP contribution in [0.15, 0.2) is 146 Å². The van der Waals surface area contributed by atoms with Gasteiger partial charge in [0.2, 0.25) is 0 Å². The first-order valence-electron chi connectivity index (χ1n) is 12.9. The molecule has 2 aromatic carbocycles. The molecule has 6 heterocycles. The first-order valence-corrected chi connectivity index (χ1v) is 12.9. The predicted octanol–water partition coefficient (Wildman–Crippen LogP) is 1.72. The first kappa shape index (κ1) is 33.1. The zero-order valence-corrected chi connectivity index (χ0v) is 25.9. The van der Waals surface area contributed by atoms with Crippen molar-refractivity contribution in [3.05, 3.63) is 146 Å². The molecule has 0 spiro atoms. The van der Waals surface area contributed by atoms with Crippen molar-refractivity contribution >= 4 is 43.6 Å². The number of hydrogen-bond donors (Lipinski definition) is 0. The van der Waals surface area contributed by atoms with Gasteiger partial charge in [-0.2, -0.15) is 0 Å². The Balaban J connectivity index is 0.000000171. The van der Waals surface area contributed by atoms with Gasteiger partial charge in [-0.05, 0) is 48.5 Å². The van der Waals surface area contributed by atoms with Gasteiger partial charge >= 0.3 is 19.5 Å². The normalized spacial score (nSPS) is 9.77. The predicted molar refractivity (Wildman–Crippen MR) is 162 cm³/mol. The maximum Gasteiger partial charge on any atom is 2.00 e. The van der Waals surface area contributed by atoms with E-state index >= 15 is 0 Å². The van der Waals surface area contributed by atoms with Gasteiger partial charge in [-0.25, -0.2) is 0 Å². The molecular formula is C34H24Cl2N6Ru. The molecule has 0 aliphatic rings. The van der Waals surface area contributed by atoms with Crippen LogP contribution < -0.4 is 24.8 Å². The van der Waals surface area contributed by atoms with Crippen LogP contribution in [0.3, 0.4) is 0 Å². The summed E-state index contributed by atoms with van der Waals surface area (Å²) in [7, 11) is 0. The molecule has 9 heteroatoms. The molecule has 6 aromatic heterocycles. The molecule has 0 unspecified atom stereocenters. The molecule has 0 atom stereocenters. The quantitative estimate of drug-likeness (QED) is 0.193. The number of halogens is 2. The first-order chi connectivity index (χ1) is 19.9. The van der Waals surface area contributed by atoms with Crippen LogP contribution in [0.2, 0.25) is 0 Å². The van der Waals surface area contributed by atoms with Crippen LogP contribution in [0.5, 0.6) is 0 Å². The largest absolute Gasteiger partial charge is 2.00 e. The van der Waals surface area contributed by atoms with Crippen LogP contribution in [0.4, 0.5) is 0 Å². The van der Waals surface area contributed by atoms with Crippen LogP contribution in [0, 0.1) is 0 Å². The van der Waals surface area contributed by atoms with E-state index in [4.69, 9.17) is 0 Å². The molecule has 0 saturated carbocycles. The van der Waals surface area contributed by atoms with E-state index < -0.39 is 0 Å². The number of pyridine rings is 6. The minimum Gasteiger partial charge on any atom is -1.00 e. The fourth-order valence-electron chi connectivity index (χ4n) is 4.39. The Morgan fingerprint density at radius 3 is 0.814 bits per heavy atom. The smallest absolute Gasteiger partial charge is 1.00 e. The Morgan fingerprint density at radius 1 is 0.279 bits per heavy atom. The number of fused-ring (bicyclic) bond motifs is 6. The van der Waals surface area contributed by atoms with Crippen molar-refractivity contribution < 1.29 is 44.3 Å². The summed E-state index contributed by atoms with van der Waals surface area (Å²) in [5, 5.41) is 4.55. The van der Waals surface area contributed by atoms with Crippen LogP contribution in [0.25, 0.3) is 55.0 Å². The molecule has 0 saturated heterocycles. The van der Waals surface area contributed by atoms with E-state index in [0.29, 0.717) is 0 Å². The monoisotopic (exact) mass is 688 g/mol. The van der Waals surface area contributed by atoms with Crippen molar-refractivity contribution in [1.82, 2.24) is 29.9 Å². The average Bonchev–Trinajstić information content (AvgIpc) is 3.06. The molecular weight excluding hydrogens is 664 g/mol. The standard InChI is InChI=1S/2C12H8N2.C10H8N2.2ClH.Ru/c2*1-3-9-5-6-10-4-2-8-14-12(10)11(9)13-7-1;1-3-7-11-9(5-1)10-6-2-4-8-12-10;;;/h2*1-8H;1-8H;2*1H;/q;;;;;+2/p-2. The van der Waals surface area contributed by atoms with Crippen molar-refractivity contribution in [1.29, 1.82) is 0 Å². The molecule has 0 N–H and O–H groups in total. The zero-order chi connectivity index (χ0) is 27.0. The minimum absolute atomic E-state index is 0. The summed E-state index contributed by atoms with van der Waals surface area (Å²) in [6.45, 7) is 0. The molecule has 0 aliphatic carbocycles. The molecule has 8 rings (SSSR count).